The van der Waals surface area contributed by atoms with Gasteiger partial charge in [-0.1, -0.05) is 61.8 Å². The zero-order valence-electron chi connectivity index (χ0n) is 18.6. The topological polar surface area (TPSA) is 54.2 Å². The zero-order valence-corrected chi connectivity index (χ0v) is 19.4. The van der Waals surface area contributed by atoms with Crippen molar-refractivity contribution < 1.29 is 8.91 Å². The Morgan fingerprint density at radius 2 is 1.81 bits per heavy atom. The van der Waals surface area contributed by atoms with Gasteiger partial charge in [0, 0.05) is 17.8 Å². The molecule has 1 aliphatic heterocycles. The normalized spacial score (nSPS) is 16.4. The first kappa shape index (κ1) is 22.1. The fourth-order valence-electron chi connectivity index (χ4n) is 3.89. The lowest BCUT2D eigenvalue weighted by molar-refractivity contribution is 0.395. The van der Waals surface area contributed by atoms with Gasteiger partial charge in [-0.05, 0) is 55.2 Å². The summed E-state index contributed by atoms with van der Waals surface area (Å²) >= 11 is 5.67. The van der Waals surface area contributed by atoms with E-state index < -0.39 is 0 Å². The fraction of sp³-hybridized carbons (Fsp3) is 0.320. The van der Waals surface area contributed by atoms with Gasteiger partial charge in [-0.3, -0.25) is 0 Å². The smallest absolute Gasteiger partial charge is 0.258 e. The highest BCUT2D eigenvalue weighted by molar-refractivity contribution is 7.80. The minimum absolute atomic E-state index is 0.283. The number of aryl methyl sites for hydroxylation is 1. The van der Waals surface area contributed by atoms with E-state index in [4.69, 9.17) is 21.7 Å². The number of hydrogen-bond acceptors (Lipinski definition) is 4. The lowest BCUT2D eigenvalue weighted by atomic mass is 9.94. The molecule has 32 heavy (non-hydrogen) atoms. The number of aromatic nitrogens is 2. The predicted molar refractivity (Wildman–Crippen MR) is 128 cm³/mol. The SMILES string of the molecule is CCCCN1C(=S)NC(c2ccc(F)cc2)C(c2nc(-c3ccc(CC)cc3)no2)=C1C. The molecule has 2 heterocycles. The van der Waals surface area contributed by atoms with Gasteiger partial charge in [-0.2, -0.15) is 4.98 Å². The van der Waals surface area contributed by atoms with Gasteiger partial charge in [0.25, 0.3) is 5.89 Å². The molecule has 0 spiro atoms. The molecule has 1 aliphatic rings. The third-order valence-corrected chi connectivity index (χ3v) is 6.15. The van der Waals surface area contributed by atoms with Crippen LogP contribution in [0.15, 0.2) is 58.8 Å². The summed E-state index contributed by atoms with van der Waals surface area (Å²) in [6.45, 7) is 7.09. The van der Waals surface area contributed by atoms with Crippen molar-refractivity contribution >= 4 is 22.9 Å². The molecule has 0 amide bonds. The van der Waals surface area contributed by atoms with Crippen LogP contribution in [-0.4, -0.2) is 26.7 Å². The number of halogens is 1. The molecule has 2 aromatic carbocycles. The number of nitrogens with one attached hydrogen (secondary N) is 1. The second-order valence-electron chi connectivity index (χ2n) is 7.91. The molecule has 3 aromatic rings. The van der Waals surface area contributed by atoms with Crippen molar-refractivity contribution in [2.24, 2.45) is 0 Å². The first-order chi connectivity index (χ1) is 15.5. The molecular weight excluding hydrogens is 423 g/mol. The van der Waals surface area contributed by atoms with Crippen LogP contribution in [0.5, 0.6) is 0 Å². The molecule has 0 fully saturated rings. The largest absolute Gasteiger partial charge is 0.351 e. The lowest BCUT2D eigenvalue weighted by Gasteiger charge is -2.37. The van der Waals surface area contributed by atoms with Crippen LogP contribution in [0.2, 0.25) is 0 Å². The molecule has 0 aliphatic carbocycles. The first-order valence-electron chi connectivity index (χ1n) is 11.0. The van der Waals surface area contributed by atoms with E-state index in [1.165, 1.54) is 17.7 Å². The van der Waals surface area contributed by atoms with Gasteiger partial charge in [-0.15, -0.1) is 0 Å². The minimum atomic E-state index is -0.309. The number of thiocarbonyl (C=S) groups is 1. The second kappa shape index (κ2) is 9.61. The van der Waals surface area contributed by atoms with E-state index in [9.17, 15) is 4.39 Å². The molecule has 0 saturated heterocycles. The van der Waals surface area contributed by atoms with Gasteiger partial charge in [-0.25, -0.2) is 4.39 Å². The quantitative estimate of drug-likeness (QED) is 0.452. The summed E-state index contributed by atoms with van der Waals surface area (Å²) in [5.74, 6) is 0.687. The van der Waals surface area contributed by atoms with Gasteiger partial charge in [0.1, 0.15) is 5.82 Å². The van der Waals surface area contributed by atoms with Crippen molar-refractivity contribution in [3.8, 4) is 11.4 Å². The fourth-order valence-corrected chi connectivity index (χ4v) is 4.23. The standard InChI is InChI=1S/C25H27FN4OS/c1-4-6-15-30-16(3)21(22(27-25(30)32)18-11-13-20(26)14-12-18)24-28-23(29-31-24)19-9-7-17(5-2)8-10-19/h7-14,22H,4-6,15H2,1-3H3,(H,27,32). The Hall–Kier alpha value is -3.06. The average molecular weight is 451 g/mol. The highest BCUT2D eigenvalue weighted by Crippen LogP contribution is 2.37. The number of benzene rings is 2. The average Bonchev–Trinajstić information content (AvgIpc) is 3.29. The maximum Gasteiger partial charge on any atom is 0.258 e. The van der Waals surface area contributed by atoms with Crippen LogP contribution in [0, 0.1) is 5.82 Å². The lowest BCUT2D eigenvalue weighted by Crippen LogP contribution is -2.46. The van der Waals surface area contributed by atoms with E-state index in [1.807, 2.05) is 19.1 Å². The molecule has 5 nitrogen and oxygen atoms in total. The third-order valence-electron chi connectivity index (χ3n) is 5.81. The summed E-state index contributed by atoms with van der Waals surface area (Å²) in [4.78, 5) is 6.80. The first-order valence-corrected chi connectivity index (χ1v) is 11.4. The van der Waals surface area contributed by atoms with E-state index in [0.29, 0.717) is 16.8 Å². The van der Waals surface area contributed by atoms with Crippen molar-refractivity contribution in [3.05, 3.63) is 77.1 Å². The van der Waals surface area contributed by atoms with Gasteiger partial charge in [0.2, 0.25) is 5.82 Å². The summed E-state index contributed by atoms with van der Waals surface area (Å²) in [5.41, 5.74) is 4.85. The minimum Gasteiger partial charge on any atom is -0.351 e. The van der Waals surface area contributed by atoms with Crippen molar-refractivity contribution in [1.82, 2.24) is 20.4 Å². The number of nitrogens with zero attached hydrogens (tertiary/aromatic N) is 3. The summed E-state index contributed by atoms with van der Waals surface area (Å²) in [6.07, 6.45) is 3.04. The Labute approximate surface area is 193 Å². The molecule has 1 aromatic heterocycles. The molecule has 1 unspecified atom stereocenters. The Morgan fingerprint density at radius 3 is 2.47 bits per heavy atom. The molecule has 0 radical (unpaired) electrons. The van der Waals surface area contributed by atoms with E-state index >= 15 is 0 Å². The molecular formula is C25H27FN4OS. The molecule has 166 valence electrons. The molecule has 7 heteroatoms. The summed E-state index contributed by atoms with van der Waals surface area (Å²) in [6, 6.07) is 14.3. The van der Waals surface area contributed by atoms with Crippen LogP contribution in [0.3, 0.4) is 0 Å². The number of allylic oxidation sites excluding steroid dienone is 1. The van der Waals surface area contributed by atoms with Crippen molar-refractivity contribution in [2.45, 2.75) is 46.1 Å². The van der Waals surface area contributed by atoms with Crippen LogP contribution in [-0.2, 0) is 6.42 Å². The number of rotatable bonds is 7. The van der Waals surface area contributed by atoms with Crippen LogP contribution >= 0.6 is 12.2 Å². The van der Waals surface area contributed by atoms with E-state index in [2.05, 4.69) is 41.4 Å². The van der Waals surface area contributed by atoms with Crippen molar-refractivity contribution in [1.29, 1.82) is 0 Å². The molecule has 0 saturated carbocycles. The van der Waals surface area contributed by atoms with Gasteiger partial charge >= 0.3 is 0 Å². The number of unbranched alkanes of at least 4 members (excludes halogenated alkanes) is 1. The maximum atomic E-state index is 13.6. The maximum absolute atomic E-state index is 13.6. The Kier molecular flexibility index (Phi) is 6.65. The van der Waals surface area contributed by atoms with E-state index in [0.717, 1.165) is 48.2 Å². The van der Waals surface area contributed by atoms with E-state index in [1.54, 1.807) is 12.1 Å². The van der Waals surface area contributed by atoms with Crippen LogP contribution in [0.1, 0.15) is 56.7 Å². The highest BCUT2D eigenvalue weighted by Gasteiger charge is 2.33. The second-order valence-corrected chi connectivity index (χ2v) is 8.30. The van der Waals surface area contributed by atoms with Crippen LogP contribution in [0.25, 0.3) is 17.0 Å². The number of hydrogen-bond donors (Lipinski definition) is 1. The van der Waals surface area contributed by atoms with Gasteiger partial charge in [0.15, 0.2) is 5.11 Å². The molecule has 1 N–H and O–H groups in total. The molecule has 0 bridgehead atoms. The third kappa shape index (κ3) is 4.43. The van der Waals surface area contributed by atoms with Crippen molar-refractivity contribution in [3.63, 3.8) is 0 Å². The highest BCUT2D eigenvalue weighted by atomic mass is 32.1. The van der Waals surface area contributed by atoms with Gasteiger partial charge < -0.3 is 14.7 Å². The van der Waals surface area contributed by atoms with E-state index in [-0.39, 0.29) is 11.9 Å². The Bertz CT molecular complexity index is 1120. The summed E-state index contributed by atoms with van der Waals surface area (Å²) in [7, 11) is 0. The predicted octanol–water partition coefficient (Wildman–Crippen LogP) is 5.90. The monoisotopic (exact) mass is 450 g/mol. The van der Waals surface area contributed by atoms with Crippen LogP contribution < -0.4 is 5.32 Å². The molecule has 4 rings (SSSR count). The van der Waals surface area contributed by atoms with Gasteiger partial charge in [0.05, 0.1) is 11.6 Å². The Morgan fingerprint density at radius 1 is 1.09 bits per heavy atom. The molecule has 1 atom stereocenters. The summed E-state index contributed by atoms with van der Waals surface area (Å²) < 4.78 is 19.3. The Balaban J connectivity index is 1.76. The van der Waals surface area contributed by atoms with Crippen LogP contribution in [0.4, 0.5) is 4.39 Å². The zero-order chi connectivity index (χ0) is 22.7. The van der Waals surface area contributed by atoms with Crippen molar-refractivity contribution in [2.75, 3.05) is 6.54 Å². The summed E-state index contributed by atoms with van der Waals surface area (Å²) in [5, 5.41) is 8.29.